The normalized spacial score (nSPS) is 11.3. The summed E-state index contributed by atoms with van der Waals surface area (Å²) >= 11 is 0. The summed E-state index contributed by atoms with van der Waals surface area (Å²) in [7, 11) is 0. The molecule has 0 atom stereocenters. The van der Waals surface area contributed by atoms with Crippen LogP contribution in [0.15, 0.2) is 131 Å². The highest BCUT2D eigenvalue weighted by Crippen LogP contribution is 2.26. The third-order valence-electron chi connectivity index (χ3n) is 8.33. The van der Waals surface area contributed by atoms with E-state index in [9.17, 15) is 14.4 Å². The molecule has 0 radical (unpaired) electrons. The summed E-state index contributed by atoms with van der Waals surface area (Å²) in [5.41, 5.74) is 2.33. The van der Waals surface area contributed by atoms with Gasteiger partial charge >= 0.3 is 11.9 Å². The summed E-state index contributed by atoms with van der Waals surface area (Å²) in [6.45, 7) is 6.94. The van der Waals surface area contributed by atoms with Gasteiger partial charge < -0.3 is 19.3 Å². The van der Waals surface area contributed by atoms with Gasteiger partial charge in [-0.3, -0.25) is 4.79 Å². The minimum absolute atomic E-state index is 0.126. The van der Waals surface area contributed by atoms with Gasteiger partial charge in [-0.25, -0.2) is 9.59 Å². The number of nitrogens with zero attached hydrogens (tertiary/aromatic N) is 2. The zero-order chi connectivity index (χ0) is 37.7. The molecule has 0 aliphatic rings. The third-order valence-corrected chi connectivity index (χ3v) is 8.33. The van der Waals surface area contributed by atoms with Gasteiger partial charge in [0.2, 0.25) is 5.78 Å². The molecule has 4 aromatic carbocycles. The number of benzene rings is 4. The molecule has 0 saturated carbocycles. The van der Waals surface area contributed by atoms with Crippen LogP contribution in [-0.4, -0.2) is 36.0 Å². The lowest BCUT2D eigenvalue weighted by molar-refractivity contribution is -0.132. The van der Waals surface area contributed by atoms with Gasteiger partial charge in [-0.05, 0) is 85.9 Å². The maximum absolute atomic E-state index is 13.6. The number of esters is 1. The van der Waals surface area contributed by atoms with Crippen molar-refractivity contribution in [1.82, 2.24) is 0 Å². The monoisotopic (exact) mass is 716 g/mol. The van der Waals surface area contributed by atoms with Crippen LogP contribution in [0.25, 0.3) is 6.08 Å². The number of allylic oxidation sites excluding steroid dienone is 1. The zero-order valence-corrected chi connectivity index (χ0v) is 30.4. The molecule has 0 bridgehead atoms. The first-order valence-corrected chi connectivity index (χ1v) is 18.2. The molecule has 276 valence electrons. The lowest BCUT2D eigenvalue weighted by Crippen LogP contribution is -2.13. The minimum Gasteiger partial charge on any atom is -0.494 e. The number of unbranched alkanes of at least 4 members (excludes halogenated alkanes) is 7. The van der Waals surface area contributed by atoms with Gasteiger partial charge in [-0.1, -0.05) is 107 Å². The van der Waals surface area contributed by atoms with Crippen LogP contribution >= 0.6 is 0 Å². The first-order valence-electron chi connectivity index (χ1n) is 18.2. The van der Waals surface area contributed by atoms with Crippen LogP contribution in [0, 0.1) is 0 Å². The van der Waals surface area contributed by atoms with E-state index in [0.717, 1.165) is 50.7 Å². The smallest absolute Gasteiger partial charge is 0.345 e. The fraction of sp³-hybridized carbons (Fsp3) is 0.295. The Morgan fingerprint density at radius 2 is 1.26 bits per heavy atom. The number of ether oxygens (including phenoxy) is 3. The number of carbonyl (C=O) groups is 3. The first kappa shape index (κ1) is 39.9. The van der Waals surface area contributed by atoms with Crippen molar-refractivity contribution < 1.29 is 33.7 Å². The predicted molar refractivity (Wildman–Crippen MR) is 207 cm³/mol. The van der Waals surface area contributed by atoms with Crippen LogP contribution < -0.4 is 9.47 Å². The van der Waals surface area contributed by atoms with E-state index in [2.05, 4.69) is 23.7 Å². The van der Waals surface area contributed by atoms with Crippen molar-refractivity contribution in [2.24, 2.45) is 10.2 Å². The third kappa shape index (κ3) is 14.0. The minimum atomic E-state index is -0.927. The van der Waals surface area contributed by atoms with Crippen molar-refractivity contribution in [1.29, 1.82) is 0 Å². The average Bonchev–Trinajstić information content (AvgIpc) is 3.18. The number of azo groups is 1. The van der Waals surface area contributed by atoms with E-state index >= 15 is 0 Å². The molecule has 0 saturated heterocycles. The zero-order valence-electron chi connectivity index (χ0n) is 30.4. The van der Waals surface area contributed by atoms with Gasteiger partial charge in [0.05, 0.1) is 24.5 Å². The summed E-state index contributed by atoms with van der Waals surface area (Å²) < 4.78 is 17.5. The molecule has 4 rings (SSSR count). The number of rotatable bonds is 23. The second kappa shape index (κ2) is 22.2. The van der Waals surface area contributed by atoms with Crippen LogP contribution in [0.4, 0.5) is 11.4 Å². The quantitative estimate of drug-likeness (QED) is 0.0202. The lowest BCUT2D eigenvalue weighted by atomic mass is 10.1. The number of hydrogen-bond acceptors (Lipinski definition) is 8. The van der Waals surface area contributed by atoms with E-state index in [1.807, 2.05) is 42.5 Å². The molecule has 0 aliphatic carbocycles. The molecule has 9 heteroatoms. The standard InChI is InChI=1S/C44H48N2O7/c1-3-4-5-15-30-51-37-26-22-34(23-27-37)32-41(42(47)35-18-11-9-12-19-35)53-44(50)39-20-13-14-21-40(39)46-45-36-24-28-38(29-25-36)52-31-16-8-6-7-10-17-33(2)43(48)49/h9,11-14,18-29,32H,2-8,10,15-17,30-31H2,1H3,(H,48,49). The second-order valence-electron chi connectivity index (χ2n) is 12.6. The molecule has 1 N–H and O–H groups in total. The Bertz CT molecular complexity index is 1830. The van der Waals surface area contributed by atoms with Gasteiger partial charge in [-0.15, -0.1) is 5.11 Å². The molecule has 0 aromatic heterocycles. The molecule has 0 heterocycles. The molecular formula is C44H48N2O7. The van der Waals surface area contributed by atoms with Crippen LogP contribution in [0.2, 0.25) is 0 Å². The lowest BCUT2D eigenvalue weighted by Gasteiger charge is -2.10. The second-order valence-corrected chi connectivity index (χ2v) is 12.6. The fourth-order valence-corrected chi connectivity index (χ4v) is 5.28. The van der Waals surface area contributed by atoms with Gasteiger partial charge in [0.1, 0.15) is 17.2 Å². The Morgan fingerprint density at radius 1 is 0.679 bits per heavy atom. The summed E-state index contributed by atoms with van der Waals surface area (Å²) in [5.74, 6) is -0.789. The number of carboxylic acids is 1. The van der Waals surface area contributed by atoms with Crippen LogP contribution in [-0.2, 0) is 9.53 Å². The number of Topliss-reactive ketones (excluding diaryl/α,β-unsaturated/α-hetero) is 1. The number of carboxylic acid groups (broad SMARTS) is 1. The van der Waals surface area contributed by atoms with Gasteiger partial charge in [-0.2, -0.15) is 5.11 Å². The average molecular weight is 717 g/mol. The van der Waals surface area contributed by atoms with Crippen molar-refractivity contribution in [3.05, 3.63) is 138 Å². The van der Waals surface area contributed by atoms with E-state index in [-0.39, 0.29) is 22.6 Å². The van der Waals surface area contributed by atoms with Gasteiger partial charge in [0.25, 0.3) is 0 Å². The molecule has 0 aliphatic heterocycles. The van der Waals surface area contributed by atoms with Crippen molar-refractivity contribution >= 4 is 35.2 Å². The van der Waals surface area contributed by atoms with Crippen LogP contribution in [0.3, 0.4) is 0 Å². The molecule has 9 nitrogen and oxygen atoms in total. The van der Waals surface area contributed by atoms with E-state index < -0.39 is 17.7 Å². The number of hydrogen-bond donors (Lipinski definition) is 1. The molecule has 4 aromatic rings. The summed E-state index contributed by atoms with van der Waals surface area (Å²) in [6, 6.07) is 29.8. The number of ketones is 1. The van der Waals surface area contributed by atoms with Crippen molar-refractivity contribution in [2.45, 2.75) is 71.1 Å². The molecule has 0 unspecified atom stereocenters. The Labute approximate surface area is 312 Å². The molecular weight excluding hydrogens is 668 g/mol. The summed E-state index contributed by atoms with van der Waals surface area (Å²) in [4.78, 5) is 38.0. The van der Waals surface area contributed by atoms with Gasteiger partial charge in [0.15, 0.2) is 5.76 Å². The van der Waals surface area contributed by atoms with Crippen LogP contribution in [0.1, 0.15) is 97.4 Å². The summed E-state index contributed by atoms with van der Waals surface area (Å²) in [5, 5.41) is 17.5. The van der Waals surface area contributed by atoms with Crippen molar-refractivity contribution in [3.8, 4) is 11.5 Å². The number of aliphatic carboxylic acids is 1. The largest absolute Gasteiger partial charge is 0.494 e. The molecule has 0 fully saturated rings. The van der Waals surface area contributed by atoms with E-state index in [1.165, 1.54) is 12.8 Å². The molecule has 53 heavy (non-hydrogen) atoms. The molecule has 0 amide bonds. The van der Waals surface area contributed by atoms with E-state index in [1.54, 1.807) is 66.7 Å². The fourth-order valence-electron chi connectivity index (χ4n) is 5.28. The Morgan fingerprint density at radius 3 is 1.92 bits per heavy atom. The Balaban J connectivity index is 1.36. The summed E-state index contributed by atoms with van der Waals surface area (Å²) in [6.07, 6.45) is 11.2. The van der Waals surface area contributed by atoms with Crippen LogP contribution in [0.5, 0.6) is 11.5 Å². The highest BCUT2D eigenvalue weighted by Gasteiger charge is 2.21. The van der Waals surface area contributed by atoms with Crippen molar-refractivity contribution in [2.75, 3.05) is 13.2 Å². The highest BCUT2D eigenvalue weighted by atomic mass is 16.5. The first-order chi connectivity index (χ1) is 25.8. The topological polar surface area (TPSA) is 124 Å². The van der Waals surface area contributed by atoms with Gasteiger partial charge in [0, 0.05) is 11.1 Å². The van der Waals surface area contributed by atoms with Crippen molar-refractivity contribution in [3.63, 3.8) is 0 Å². The Hall–Kier alpha value is -5.83. The SMILES string of the molecule is C=C(CCCCCCCOc1ccc(N=Nc2ccccc2C(=O)OC(=Cc2ccc(OCCCCCC)cc2)C(=O)c2ccccc2)cc1)C(=O)O. The maximum atomic E-state index is 13.6. The van der Waals surface area contributed by atoms with E-state index in [0.29, 0.717) is 42.2 Å². The van der Waals surface area contributed by atoms with E-state index in [4.69, 9.17) is 19.3 Å². The Kier molecular flexibility index (Phi) is 16.7. The molecule has 0 spiro atoms. The predicted octanol–water partition coefficient (Wildman–Crippen LogP) is 11.5. The highest BCUT2D eigenvalue weighted by molar-refractivity contribution is 6.12. The number of carbonyl (C=O) groups excluding carboxylic acids is 2. The maximum Gasteiger partial charge on any atom is 0.345 e.